The monoisotopic (exact) mass is 298 g/mol. The molecule has 2 rings (SSSR count). The van der Waals surface area contributed by atoms with Crippen LogP contribution in [0.1, 0.15) is 11.1 Å². The van der Waals surface area contributed by atoms with Crippen LogP contribution in [-0.2, 0) is 9.63 Å². The highest BCUT2D eigenvalue weighted by atomic mass is 16.6. The number of aryl methyl sites for hydroxylation is 1. The maximum atomic E-state index is 11.7. The summed E-state index contributed by atoms with van der Waals surface area (Å²) in [6.45, 7) is 1.87. The van der Waals surface area contributed by atoms with E-state index in [0.717, 1.165) is 11.3 Å². The molecule has 5 heteroatoms. The third-order valence-electron chi connectivity index (χ3n) is 2.92. The van der Waals surface area contributed by atoms with E-state index in [0.29, 0.717) is 5.69 Å². The molecule has 0 aliphatic heterocycles. The average Bonchev–Trinajstić information content (AvgIpc) is 2.54. The Hall–Kier alpha value is -2.82. The first-order valence-electron chi connectivity index (χ1n) is 6.83. The van der Waals surface area contributed by atoms with Gasteiger partial charge in [-0.15, -0.1) is 0 Å². The number of methoxy groups -OCH3 is 1. The number of hydrogen-bond donors (Lipinski definition) is 1. The minimum Gasteiger partial charge on any atom is -0.497 e. The van der Waals surface area contributed by atoms with Gasteiger partial charge in [0.15, 0.2) is 6.61 Å². The maximum Gasteiger partial charge on any atom is 0.265 e. The van der Waals surface area contributed by atoms with Gasteiger partial charge >= 0.3 is 0 Å². The van der Waals surface area contributed by atoms with Crippen LogP contribution in [0.5, 0.6) is 5.75 Å². The molecule has 0 saturated carbocycles. The summed E-state index contributed by atoms with van der Waals surface area (Å²) in [5.41, 5.74) is 2.77. The highest BCUT2D eigenvalue weighted by molar-refractivity contribution is 5.91. The summed E-state index contributed by atoms with van der Waals surface area (Å²) >= 11 is 0. The predicted molar refractivity (Wildman–Crippen MR) is 86.3 cm³/mol. The Kier molecular flexibility index (Phi) is 5.54. The normalized spacial score (nSPS) is 10.5. The van der Waals surface area contributed by atoms with E-state index in [2.05, 4.69) is 10.5 Å². The molecule has 0 spiro atoms. The number of hydrogen-bond acceptors (Lipinski definition) is 4. The number of ether oxygens (including phenoxy) is 1. The van der Waals surface area contributed by atoms with Crippen LogP contribution < -0.4 is 10.1 Å². The number of carbonyl (C=O) groups is 1. The lowest BCUT2D eigenvalue weighted by Gasteiger charge is -2.05. The Morgan fingerprint density at radius 2 is 1.82 bits per heavy atom. The minimum absolute atomic E-state index is 0.144. The molecule has 0 bridgehead atoms. The molecule has 1 N–H and O–H groups in total. The molecule has 0 aliphatic carbocycles. The second kappa shape index (κ2) is 7.83. The number of benzene rings is 2. The van der Waals surface area contributed by atoms with E-state index in [1.807, 2.05) is 31.2 Å². The Bertz CT molecular complexity index is 634. The van der Waals surface area contributed by atoms with Crippen molar-refractivity contribution in [3.8, 4) is 5.75 Å². The van der Waals surface area contributed by atoms with Crippen LogP contribution in [0.4, 0.5) is 5.69 Å². The average molecular weight is 298 g/mol. The minimum atomic E-state index is -0.272. The summed E-state index contributed by atoms with van der Waals surface area (Å²) in [7, 11) is 1.59. The van der Waals surface area contributed by atoms with Gasteiger partial charge in [-0.3, -0.25) is 4.79 Å². The van der Waals surface area contributed by atoms with Crippen LogP contribution in [0, 0.1) is 6.92 Å². The van der Waals surface area contributed by atoms with E-state index in [4.69, 9.17) is 9.57 Å². The van der Waals surface area contributed by atoms with Crippen LogP contribution in [0.15, 0.2) is 53.7 Å². The summed E-state index contributed by atoms with van der Waals surface area (Å²) in [4.78, 5) is 16.7. The fourth-order valence-electron chi connectivity index (χ4n) is 1.72. The summed E-state index contributed by atoms with van der Waals surface area (Å²) < 4.78 is 5.05. The molecular formula is C17H18N2O3. The zero-order valence-electron chi connectivity index (χ0n) is 12.6. The van der Waals surface area contributed by atoms with E-state index in [1.54, 1.807) is 37.6 Å². The van der Waals surface area contributed by atoms with Gasteiger partial charge in [0.1, 0.15) is 5.75 Å². The summed E-state index contributed by atoms with van der Waals surface area (Å²) in [6, 6.07) is 14.9. The molecule has 0 aliphatic rings. The molecule has 0 unspecified atom stereocenters. The Morgan fingerprint density at radius 3 is 2.45 bits per heavy atom. The van der Waals surface area contributed by atoms with E-state index in [9.17, 15) is 4.79 Å². The number of oxime groups is 1. The lowest BCUT2D eigenvalue weighted by atomic mass is 10.2. The Labute approximate surface area is 129 Å². The van der Waals surface area contributed by atoms with Gasteiger partial charge in [-0.1, -0.05) is 35.0 Å². The summed E-state index contributed by atoms with van der Waals surface area (Å²) in [6.07, 6.45) is 1.57. The number of amides is 1. The van der Waals surface area contributed by atoms with Crippen molar-refractivity contribution in [2.45, 2.75) is 6.92 Å². The molecule has 0 heterocycles. The third kappa shape index (κ3) is 4.94. The Morgan fingerprint density at radius 1 is 1.14 bits per heavy atom. The van der Waals surface area contributed by atoms with Crippen LogP contribution in [0.2, 0.25) is 0 Å². The van der Waals surface area contributed by atoms with Crippen molar-refractivity contribution in [2.75, 3.05) is 19.0 Å². The van der Waals surface area contributed by atoms with Crippen molar-refractivity contribution in [1.82, 2.24) is 0 Å². The molecule has 0 fully saturated rings. The number of carbonyl (C=O) groups excluding carboxylic acids is 1. The van der Waals surface area contributed by atoms with E-state index >= 15 is 0 Å². The van der Waals surface area contributed by atoms with Crippen LogP contribution in [0.3, 0.4) is 0 Å². The zero-order chi connectivity index (χ0) is 15.8. The van der Waals surface area contributed by atoms with E-state index in [-0.39, 0.29) is 12.5 Å². The molecular weight excluding hydrogens is 280 g/mol. The standard InChI is InChI=1S/C17H18N2O3/c1-13-3-5-14(6-4-13)11-18-22-12-17(20)19-15-7-9-16(21-2)10-8-15/h3-11H,12H2,1-2H3,(H,19,20)/b18-11-. The van der Waals surface area contributed by atoms with Crippen LogP contribution in [0.25, 0.3) is 0 Å². The first-order valence-corrected chi connectivity index (χ1v) is 6.83. The lowest BCUT2D eigenvalue weighted by Crippen LogP contribution is -2.16. The molecule has 0 radical (unpaired) electrons. The van der Waals surface area contributed by atoms with Crippen molar-refractivity contribution in [2.24, 2.45) is 5.16 Å². The second-order valence-corrected chi connectivity index (χ2v) is 4.70. The van der Waals surface area contributed by atoms with Gasteiger partial charge < -0.3 is 14.9 Å². The number of rotatable bonds is 6. The Balaban J connectivity index is 1.76. The molecule has 114 valence electrons. The summed E-state index contributed by atoms with van der Waals surface area (Å²) in [5.74, 6) is 0.461. The molecule has 0 aromatic heterocycles. The fraction of sp³-hybridized carbons (Fsp3) is 0.176. The smallest absolute Gasteiger partial charge is 0.265 e. The number of nitrogens with one attached hydrogen (secondary N) is 1. The number of nitrogens with zero attached hydrogens (tertiary/aromatic N) is 1. The van der Waals surface area contributed by atoms with Crippen LogP contribution in [-0.4, -0.2) is 25.8 Å². The topological polar surface area (TPSA) is 59.9 Å². The fourth-order valence-corrected chi connectivity index (χ4v) is 1.72. The van der Waals surface area contributed by atoms with Crippen molar-refractivity contribution in [1.29, 1.82) is 0 Å². The maximum absolute atomic E-state index is 11.7. The van der Waals surface area contributed by atoms with Gasteiger partial charge in [0.2, 0.25) is 0 Å². The lowest BCUT2D eigenvalue weighted by molar-refractivity contribution is -0.120. The van der Waals surface area contributed by atoms with Gasteiger partial charge in [0, 0.05) is 5.69 Å². The second-order valence-electron chi connectivity index (χ2n) is 4.70. The molecule has 0 atom stereocenters. The number of anilines is 1. The quantitative estimate of drug-likeness (QED) is 0.659. The van der Waals surface area contributed by atoms with Crippen molar-refractivity contribution in [3.63, 3.8) is 0 Å². The zero-order valence-corrected chi connectivity index (χ0v) is 12.6. The molecule has 2 aromatic carbocycles. The van der Waals surface area contributed by atoms with Crippen LogP contribution >= 0.6 is 0 Å². The van der Waals surface area contributed by atoms with Gasteiger partial charge in [-0.05, 0) is 36.8 Å². The first kappa shape index (κ1) is 15.6. The van der Waals surface area contributed by atoms with E-state index in [1.165, 1.54) is 5.56 Å². The molecule has 22 heavy (non-hydrogen) atoms. The molecule has 0 saturated heterocycles. The van der Waals surface area contributed by atoms with Crippen molar-refractivity contribution in [3.05, 3.63) is 59.7 Å². The van der Waals surface area contributed by atoms with Gasteiger partial charge in [0.05, 0.1) is 13.3 Å². The predicted octanol–water partition coefficient (Wildman–Crippen LogP) is 2.99. The first-order chi connectivity index (χ1) is 10.7. The molecule has 2 aromatic rings. The largest absolute Gasteiger partial charge is 0.497 e. The molecule has 1 amide bonds. The van der Waals surface area contributed by atoms with E-state index < -0.39 is 0 Å². The highest BCUT2D eigenvalue weighted by Gasteiger charge is 2.02. The third-order valence-corrected chi connectivity index (χ3v) is 2.92. The summed E-state index contributed by atoms with van der Waals surface area (Å²) in [5, 5.41) is 6.48. The highest BCUT2D eigenvalue weighted by Crippen LogP contribution is 2.14. The van der Waals surface area contributed by atoms with Gasteiger partial charge in [-0.2, -0.15) is 0 Å². The SMILES string of the molecule is COc1ccc(NC(=O)CO/N=C\c2ccc(C)cc2)cc1. The molecule has 5 nitrogen and oxygen atoms in total. The van der Waals surface area contributed by atoms with Gasteiger partial charge in [0.25, 0.3) is 5.91 Å². The van der Waals surface area contributed by atoms with Crippen molar-refractivity contribution < 1.29 is 14.4 Å². The van der Waals surface area contributed by atoms with Crippen molar-refractivity contribution >= 4 is 17.8 Å². The van der Waals surface area contributed by atoms with Gasteiger partial charge in [-0.25, -0.2) is 0 Å².